The summed E-state index contributed by atoms with van der Waals surface area (Å²) in [7, 11) is -3.32. The number of amides is 1. The van der Waals surface area contributed by atoms with Gasteiger partial charge < -0.3 is 14.6 Å². The largest absolute Gasteiger partial charge is 0.459 e. The van der Waals surface area contributed by atoms with Crippen LogP contribution in [-0.2, 0) is 10.0 Å². The van der Waals surface area contributed by atoms with Gasteiger partial charge in [-0.05, 0) is 43.2 Å². The van der Waals surface area contributed by atoms with Crippen LogP contribution in [0.5, 0.6) is 0 Å². The lowest BCUT2D eigenvalue weighted by Crippen LogP contribution is -2.49. The van der Waals surface area contributed by atoms with Gasteiger partial charge in [-0.15, -0.1) is 0 Å². The highest BCUT2D eigenvalue weighted by Crippen LogP contribution is 2.19. The third-order valence-electron chi connectivity index (χ3n) is 4.61. The molecule has 1 aliphatic rings. The van der Waals surface area contributed by atoms with E-state index in [1.165, 1.54) is 11.8 Å². The fourth-order valence-electron chi connectivity index (χ4n) is 3.13. The number of sulfonamides is 1. The number of carbonyl (C=O) groups is 1. The normalized spacial score (nSPS) is 15.7. The second-order valence-corrected chi connectivity index (χ2v) is 8.72. The number of anilines is 1. The lowest BCUT2D eigenvalue weighted by molar-refractivity contribution is 0.0926. The Morgan fingerprint density at radius 2 is 1.93 bits per heavy atom. The molecule has 0 radical (unpaired) electrons. The zero-order valence-corrected chi connectivity index (χ0v) is 16.2. The molecule has 1 amide bonds. The van der Waals surface area contributed by atoms with E-state index in [9.17, 15) is 13.2 Å². The summed E-state index contributed by atoms with van der Waals surface area (Å²) in [5, 5.41) is 2.67. The lowest BCUT2D eigenvalue weighted by atomic mass is 10.2. The number of carbonyl (C=O) groups excluding carboxylic acids is 1. The van der Waals surface area contributed by atoms with Crippen LogP contribution < -0.4 is 10.2 Å². The highest BCUT2D eigenvalue weighted by atomic mass is 32.2. The molecule has 1 aromatic carbocycles. The molecule has 1 saturated heterocycles. The third-order valence-corrected chi connectivity index (χ3v) is 6.56. The lowest BCUT2D eigenvalue weighted by Gasteiger charge is -2.35. The van der Waals surface area contributed by atoms with Crippen molar-refractivity contribution in [2.24, 2.45) is 0 Å². The summed E-state index contributed by atoms with van der Waals surface area (Å²) in [5.41, 5.74) is 2.33. The van der Waals surface area contributed by atoms with Gasteiger partial charge in [0.25, 0.3) is 5.91 Å². The quantitative estimate of drug-likeness (QED) is 0.729. The van der Waals surface area contributed by atoms with Crippen molar-refractivity contribution >= 4 is 21.6 Å². The summed E-state index contributed by atoms with van der Waals surface area (Å²) >= 11 is 0. The number of benzene rings is 1. The van der Waals surface area contributed by atoms with E-state index in [1.807, 2.05) is 6.07 Å². The maximum absolute atomic E-state index is 12.5. The van der Waals surface area contributed by atoms with Crippen LogP contribution in [0.1, 0.15) is 22.5 Å². The van der Waals surface area contributed by atoms with E-state index in [-0.39, 0.29) is 17.4 Å². The molecule has 0 aliphatic carbocycles. The molecule has 0 bridgehead atoms. The van der Waals surface area contributed by atoms with Crippen LogP contribution in [0.15, 0.2) is 47.1 Å². The first-order valence-electron chi connectivity index (χ1n) is 9.07. The second-order valence-electron chi connectivity index (χ2n) is 6.63. The molecule has 7 nitrogen and oxygen atoms in total. The van der Waals surface area contributed by atoms with E-state index >= 15 is 0 Å². The average Bonchev–Trinajstić information content (AvgIpc) is 3.20. The number of aryl methyl sites for hydroxylation is 1. The van der Waals surface area contributed by atoms with Crippen molar-refractivity contribution in [3.8, 4) is 0 Å². The number of nitrogens with zero attached hydrogens (tertiary/aromatic N) is 2. The molecule has 1 aliphatic heterocycles. The SMILES string of the molecule is Cc1cccc(N2CCN(S(=O)(=O)CCCNC(=O)c3ccco3)CC2)c1. The number of hydrogen-bond acceptors (Lipinski definition) is 5. The van der Waals surface area contributed by atoms with Crippen molar-refractivity contribution in [2.75, 3.05) is 43.4 Å². The van der Waals surface area contributed by atoms with Gasteiger partial charge in [-0.25, -0.2) is 8.42 Å². The Morgan fingerprint density at radius 3 is 2.59 bits per heavy atom. The number of rotatable bonds is 7. The molecule has 1 fully saturated rings. The smallest absolute Gasteiger partial charge is 0.286 e. The van der Waals surface area contributed by atoms with E-state index < -0.39 is 10.0 Å². The summed E-state index contributed by atoms with van der Waals surface area (Å²) in [4.78, 5) is 14.0. The van der Waals surface area contributed by atoms with Crippen LogP contribution in [0.4, 0.5) is 5.69 Å². The molecular weight excluding hydrogens is 366 g/mol. The van der Waals surface area contributed by atoms with Crippen molar-refractivity contribution in [3.05, 3.63) is 54.0 Å². The Hall–Kier alpha value is -2.32. The Labute approximate surface area is 160 Å². The van der Waals surface area contributed by atoms with Crippen molar-refractivity contribution in [1.82, 2.24) is 9.62 Å². The molecule has 8 heteroatoms. The second kappa shape index (κ2) is 8.58. The fourth-order valence-corrected chi connectivity index (χ4v) is 4.62. The van der Waals surface area contributed by atoms with Crippen LogP contribution >= 0.6 is 0 Å². The highest BCUT2D eigenvalue weighted by molar-refractivity contribution is 7.89. The predicted octanol–water partition coefficient (Wildman–Crippen LogP) is 1.86. The van der Waals surface area contributed by atoms with Gasteiger partial charge in [0, 0.05) is 38.4 Å². The molecule has 1 aromatic heterocycles. The van der Waals surface area contributed by atoms with Crippen molar-refractivity contribution in [2.45, 2.75) is 13.3 Å². The van der Waals surface area contributed by atoms with E-state index in [0.29, 0.717) is 39.1 Å². The molecule has 0 saturated carbocycles. The number of hydrogen-bond donors (Lipinski definition) is 1. The van der Waals surface area contributed by atoms with Crippen LogP contribution in [0.3, 0.4) is 0 Å². The molecule has 27 heavy (non-hydrogen) atoms. The zero-order chi connectivity index (χ0) is 19.3. The summed E-state index contributed by atoms with van der Waals surface area (Å²) in [5.74, 6) is -0.0788. The van der Waals surface area contributed by atoms with Gasteiger partial charge in [0.1, 0.15) is 0 Å². The Balaban J connectivity index is 1.43. The molecule has 0 atom stereocenters. The summed E-state index contributed by atoms with van der Waals surface area (Å²) < 4.78 is 31.6. The minimum atomic E-state index is -3.32. The van der Waals surface area contributed by atoms with Gasteiger partial charge in [-0.3, -0.25) is 4.79 Å². The first kappa shape index (κ1) is 19.4. The van der Waals surface area contributed by atoms with E-state index in [1.54, 1.807) is 16.4 Å². The maximum atomic E-state index is 12.5. The molecular formula is C19H25N3O4S. The Morgan fingerprint density at radius 1 is 1.15 bits per heavy atom. The first-order chi connectivity index (χ1) is 13.0. The van der Waals surface area contributed by atoms with E-state index in [4.69, 9.17) is 4.42 Å². The van der Waals surface area contributed by atoms with Crippen LogP contribution in [-0.4, -0.2) is 57.1 Å². The topological polar surface area (TPSA) is 82.9 Å². The standard InChI is InChI=1S/C19H25N3O4S/c1-16-5-2-6-17(15-16)21-9-11-22(12-10-21)27(24,25)14-4-8-20-19(23)18-7-3-13-26-18/h2-3,5-7,13,15H,4,8-12,14H2,1H3,(H,20,23). The van der Waals surface area contributed by atoms with Gasteiger partial charge in [0.2, 0.25) is 10.0 Å². The van der Waals surface area contributed by atoms with Crippen LogP contribution in [0.2, 0.25) is 0 Å². The average molecular weight is 391 g/mol. The summed E-state index contributed by atoms with van der Waals surface area (Å²) in [6.45, 7) is 4.66. The number of nitrogens with one attached hydrogen (secondary N) is 1. The molecule has 1 N–H and O–H groups in total. The molecule has 2 heterocycles. The van der Waals surface area contributed by atoms with Gasteiger partial charge >= 0.3 is 0 Å². The van der Waals surface area contributed by atoms with Crippen LogP contribution in [0.25, 0.3) is 0 Å². The van der Waals surface area contributed by atoms with Gasteiger partial charge in [0.15, 0.2) is 5.76 Å². The Bertz CT molecular complexity index is 857. The monoisotopic (exact) mass is 391 g/mol. The van der Waals surface area contributed by atoms with Crippen LogP contribution in [0, 0.1) is 6.92 Å². The van der Waals surface area contributed by atoms with Gasteiger partial charge in [-0.2, -0.15) is 4.31 Å². The molecule has 3 rings (SSSR count). The predicted molar refractivity (Wildman–Crippen MR) is 104 cm³/mol. The maximum Gasteiger partial charge on any atom is 0.286 e. The summed E-state index contributed by atoms with van der Waals surface area (Å²) in [6, 6.07) is 11.4. The minimum Gasteiger partial charge on any atom is -0.459 e. The molecule has 2 aromatic rings. The van der Waals surface area contributed by atoms with Crippen molar-refractivity contribution in [1.29, 1.82) is 0 Å². The Kier molecular flexibility index (Phi) is 6.18. The summed E-state index contributed by atoms with van der Waals surface area (Å²) in [6.07, 6.45) is 1.79. The molecule has 146 valence electrons. The minimum absolute atomic E-state index is 0.0237. The molecule has 0 unspecified atom stereocenters. The number of piperazine rings is 1. The number of furan rings is 1. The zero-order valence-electron chi connectivity index (χ0n) is 15.4. The van der Waals surface area contributed by atoms with E-state index in [0.717, 1.165) is 5.69 Å². The fraction of sp³-hybridized carbons (Fsp3) is 0.421. The van der Waals surface area contributed by atoms with Crippen molar-refractivity contribution in [3.63, 3.8) is 0 Å². The molecule has 0 spiro atoms. The van der Waals surface area contributed by atoms with E-state index in [2.05, 4.69) is 35.3 Å². The van der Waals surface area contributed by atoms with Gasteiger partial charge in [-0.1, -0.05) is 12.1 Å². The first-order valence-corrected chi connectivity index (χ1v) is 10.7. The third kappa shape index (κ3) is 5.11. The highest BCUT2D eigenvalue weighted by Gasteiger charge is 2.26. The van der Waals surface area contributed by atoms with Gasteiger partial charge in [0.05, 0.1) is 12.0 Å². The van der Waals surface area contributed by atoms with Crippen molar-refractivity contribution < 1.29 is 17.6 Å².